The van der Waals surface area contributed by atoms with Gasteiger partial charge >= 0.3 is 12.1 Å². The first-order valence-corrected chi connectivity index (χ1v) is 10.9. The number of ether oxygens (including phenoxy) is 1. The number of esters is 1. The molecule has 2 aromatic carbocycles. The van der Waals surface area contributed by atoms with E-state index in [-0.39, 0.29) is 17.9 Å². The number of furan rings is 1. The summed E-state index contributed by atoms with van der Waals surface area (Å²) in [6, 6.07) is 6.83. The van der Waals surface area contributed by atoms with Crippen LogP contribution in [0, 0.1) is 5.92 Å². The van der Waals surface area contributed by atoms with Crippen molar-refractivity contribution in [2.24, 2.45) is 13.0 Å². The van der Waals surface area contributed by atoms with Crippen LogP contribution in [0.2, 0.25) is 0 Å². The number of fused-ring (bicyclic) bond motifs is 3. The number of alkyl halides is 3. The molecule has 0 fully saturated rings. The van der Waals surface area contributed by atoms with E-state index < -0.39 is 24.2 Å². The lowest BCUT2D eigenvalue weighted by atomic mass is 9.99. The van der Waals surface area contributed by atoms with Crippen molar-refractivity contribution in [1.82, 2.24) is 14.9 Å². The number of nitrogens with zero attached hydrogens (tertiary/aromatic N) is 2. The second-order valence-electron chi connectivity index (χ2n) is 8.84. The van der Waals surface area contributed by atoms with Gasteiger partial charge in [0.1, 0.15) is 23.2 Å². The molecule has 9 heteroatoms. The first kappa shape index (κ1) is 23.8. The van der Waals surface area contributed by atoms with E-state index in [1.54, 1.807) is 18.5 Å². The zero-order valence-corrected chi connectivity index (χ0v) is 19.3. The highest BCUT2D eigenvalue weighted by Gasteiger charge is 2.43. The molecule has 0 aliphatic heterocycles. The molecule has 0 aliphatic carbocycles. The van der Waals surface area contributed by atoms with E-state index in [9.17, 15) is 18.0 Å². The van der Waals surface area contributed by atoms with Crippen molar-refractivity contribution in [3.05, 3.63) is 54.5 Å². The van der Waals surface area contributed by atoms with Crippen LogP contribution in [0.25, 0.3) is 33.2 Å². The first-order valence-electron chi connectivity index (χ1n) is 10.9. The summed E-state index contributed by atoms with van der Waals surface area (Å²) in [6.45, 7) is 3.67. The Morgan fingerprint density at radius 2 is 1.91 bits per heavy atom. The third kappa shape index (κ3) is 4.79. The summed E-state index contributed by atoms with van der Waals surface area (Å²) in [6.07, 6.45) is -0.835. The molecule has 1 N–H and O–H groups in total. The van der Waals surface area contributed by atoms with Crippen molar-refractivity contribution in [3.8, 4) is 11.3 Å². The fraction of sp³-hybridized carbons (Fsp3) is 0.360. The number of hydrogen-bond donors (Lipinski definition) is 1. The van der Waals surface area contributed by atoms with Gasteiger partial charge in [-0.1, -0.05) is 26.0 Å². The maximum Gasteiger partial charge on any atom is 0.407 e. The van der Waals surface area contributed by atoms with Crippen molar-refractivity contribution < 1.29 is 27.1 Å². The van der Waals surface area contributed by atoms with Gasteiger partial charge in [0.05, 0.1) is 19.1 Å². The van der Waals surface area contributed by atoms with Crippen LogP contribution >= 0.6 is 0 Å². The lowest BCUT2D eigenvalue weighted by Crippen LogP contribution is -2.45. The Morgan fingerprint density at radius 1 is 1.15 bits per heavy atom. The van der Waals surface area contributed by atoms with Crippen LogP contribution in [-0.2, 0) is 16.6 Å². The third-order valence-corrected chi connectivity index (χ3v) is 5.72. The number of carbonyl (C=O) groups excluding carboxylic acids is 1. The molecule has 2 heterocycles. The molecule has 34 heavy (non-hydrogen) atoms. The Kier molecular flexibility index (Phi) is 6.40. The summed E-state index contributed by atoms with van der Waals surface area (Å²) in [5.41, 5.74) is 2.53. The summed E-state index contributed by atoms with van der Waals surface area (Å²) in [4.78, 5) is 16.5. The molecule has 6 nitrogen and oxygen atoms in total. The van der Waals surface area contributed by atoms with Crippen molar-refractivity contribution >= 4 is 27.9 Å². The van der Waals surface area contributed by atoms with Crippen LogP contribution in [0.1, 0.15) is 31.9 Å². The minimum atomic E-state index is -4.63. The number of aryl methyl sites for hydroxylation is 1. The quantitative estimate of drug-likeness (QED) is 0.345. The average Bonchev–Trinajstić information content (AvgIpc) is 3.37. The SMILES string of the molecule is COC(=O)[C@H](CC(C)C)N[C@@H](c1ccc2c(c1)oc1ccc(-c3cn(C)cn3)cc12)C(F)(F)F. The topological polar surface area (TPSA) is 69.3 Å². The highest BCUT2D eigenvalue weighted by Crippen LogP contribution is 2.38. The maximum atomic E-state index is 14.1. The maximum absolute atomic E-state index is 14.1. The van der Waals surface area contributed by atoms with Gasteiger partial charge in [0.25, 0.3) is 0 Å². The Hall–Kier alpha value is -3.33. The van der Waals surface area contributed by atoms with Gasteiger partial charge in [0.15, 0.2) is 0 Å². The van der Waals surface area contributed by atoms with Gasteiger partial charge in [-0.3, -0.25) is 10.1 Å². The summed E-state index contributed by atoms with van der Waals surface area (Å²) >= 11 is 0. The van der Waals surface area contributed by atoms with Crippen molar-refractivity contribution in [2.45, 2.75) is 38.5 Å². The molecule has 0 bridgehead atoms. The van der Waals surface area contributed by atoms with E-state index in [4.69, 9.17) is 9.15 Å². The summed E-state index contributed by atoms with van der Waals surface area (Å²) < 4.78 is 54.6. The second-order valence-corrected chi connectivity index (χ2v) is 8.84. The van der Waals surface area contributed by atoms with Crippen LogP contribution in [0.3, 0.4) is 0 Å². The highest BCUT2D eigenvalue weighted by atomic mass is 19.4. The number of halogens is 3. The van der Waals surface area contributed by atoms with E-state index in [0.29, 0.717) is 16.6 Å². The normalized spacial score (nSPS) is 14.1. The van der Waals surface area contributed by atoms with Crippen LogP contribution in [0.5, 0.6) is 0 Å². The smallest absolute Gasteiger partial charge is 0.407 e. The summed E-state index contributed by atoms with van der Waals surface area (Å²) in [5, 5.41) is 3.96. The molecule has 0 saturated carbocycles. The Bertz CT molecular complexity index is 1320. The number of hydrogen-bond acceptors (Lipinski definition) is 5. The Morgan fingerprint density at radius 3 is 2.53 bits per heavy atom. The minimum absolute atomic E-state index is 0.00311. The van der Waals surface area contributed by atoms with Crippen molar-refractivity contribution in [2.75, 3.05) is 7.11 Å². The molecule has 0 unspecified atom stereocenters. The average molecular weight is 473 g/mol. The lowest BCUT2D eigenvalue weighted by Gasteiger charge is -2.27. The molecule has 4 aromatic rings. The number of aromatic nitrogens is 2. The fourth-order valence-electron chi connectivity index (χ4n) is 4.12. The molecule has 180 valence electrons. The van der Waals surface area contributed by atoms with Crippen LogP contribution in [0.15, 0.2) is 53.3 Å². The van der Waals surface area contributed by atoms with E-state index in [0.717, 1.165) is 16.6 Å². The Labute approximate surface area is 194 Å². The predicted molar refractivity (Wildman–Crippen MR) is 123 cm³/mol. The highest BCUT2D eigenvalue weighted by molar-refractivity contribution is 6.06. The molecule has 0 spiro atoms. The number of benzene rings is 2. The number of nitrogens with one attached hydrogen (secondary N) is 1. The standard InChI is InChI=1S/C25H26F3N3O3/c1-14(2)9-19(24(32)33-4)30-23(25(26,27)28)16-5-7-17-18-10-15(20-12-31(3)13-29-20)6-8-21(18)34-22(17)11-16/h5-8,10-14,19,23,30H,9H2,1-4H3/t19-,23-/m0/s1. The van der Waals surface area contributed by atoms with Gasteiger partial charge in [-0.05, 0) is 42.2 Å². The Balaban J connectivity index is 1.74. The van der Waals surface area contributed by atoms with Crippen LogP contribution < -0.4 is 5.32 Å². The van der Waals surface area contributed by atoms with Gasteiger partial charge in [0, 0.05) is 29.6 Å². The molecular formula is C25H26F3N3O3. The van der Waals surface area contributed by atoms with Gasteiger partial charge in [-0.25, -0.2) is 4.98 Å². The molecule has 0 aliphatic rings. The van der Waals surface area contributed by atoms with Gasteiger partial charge in [-0.2, -0.15) is 13.2 Å². The second kappa shape index (κ2) is 9.13. The molecule has 2 aromatic heterocycles. The first-order chi connectivity index (χ1) is 16.1. The third-order valence-electron chi connectivity index (χ3n) is 5.72. The molecule has 4 rings (SSSR count). The molecule has 0 saturated heterocycles. The number of imidazole rings is 1. The van der Waals surface area contributed by atoms with Crippen LogP contribution in [-0.4, -0.2) is 34.8 Å². The van der Waals surface area contributed by atoms with E-state index >= 15 is 0 Å². The number of carbonyl (C=O) groups is 1. The van der Waals surface area contributed by atoms with E-state index in [1.165, 1.54) is 19.2 Å². The summed E-state index contributed by atoms with van der Waals surface area (Å²) in [7, 11) is 3.04. The largest absolute Gasteiger partial charge is 0.468 e. The number of rotatable bonds is 7. The van der Waals surface area contributed by atoms with Gasteiger partial charge in [-0.15, -0.1) is 0 Å². The van der Waals surface area contributed by atoms with Gasteiger partial charge in [0.2, 0.25) is 0 Å². The lowest BCUT2D eigenvalue weighted by molar-refractivity contribution is -0.164. The van der Waals surface area contributed by atoms with E-state index in [1.807, 2.05) is 43.8 Å². The van der Waals surface area contributed by atoms with Gasteiger partial charge < -0.3 is 13.7 Å². The monoisotopic (exact) mass is 473 g/mol. The van der Waals surface area contributed by atoms with Crippen LogP contribution in [0.4, 0.5) is 13.2 Å². The zero-order chi connectivity index (χ0) is 24.6. The zero-order valence-electron chi connectivity index (χ0n) is 19.3. The number of methoxy groups -OCH3 is 1. The van der Waals surface area contributed by atoms with Crippen molar-refractivity contribution in [3.63, 3.8) is 0 Å². The molecule has 2 atom stereocenters. The molecule has 0 amide bonds. The molecule has 0 radical (unpaired) electrons. The fourth-order valence-corrected chi connectivity index (χ4v) is 4.12. The minimum Gasteiger partial charge on any atom is -0.468 e. The molecular weight excluding hydrogens is 447 g/mol. The summed E-state index contributed by atoms with van der Waals surface area (Å²) in [5.74, 6) is -0.730. The predicted octanol–water partition coefficient (Wildman–Crippen LogP) is 5.77. The van der Waals surface area contributed by atoms with Crippen molar-refractivity contribution in [1.29, 1.82) is 0 Å². The van der Waals surface area contributed by atoms with E-state index in [2.05, 4.69) is 10.3 Å².